The van der Waals surface area contributed by atoms with Gasteiger partial charge in [0.05, 0.1) is 21.3 Å². The van der Waals surface area contributed by atoms with Crippen LogP contribution in [-0.2, 0) is 47.8 Å². The summed E-state index contributed by atoms with van der Waals surface area (Å²) in [5.41, 5.74) is 0.877. The number of sulfone groups is 2. The predicted molar refractivity (Wildman–Crippen MR) is 210 cm³/mol. The van der Waals surface area contributed by atoms with Crippen LogP contribution in [0.3, 0.4) is 0 Å². The third-order valence-corrected chi connectivity index (χ3v) is 11.9. The third kappa shape index (κ3) is 11.1. The van der Waals surface area contributed by atoms with Crippen molar-refractivity contribution in [2.75, 3.05) is 18.6 Å². The number of carbonyl (C=O) groups is 1. The molecule has 0 bridgehead atoms. The van der Waals surface area contributed by atoms with Crippen LogP contribution < -0.4 is 34.9 Å². The Morgan fingerprint density at radius 2 is 1.10 bits per heavy atom. The molecule has 15 nitrogen and oxygen atoms in total. The number of amides is 1. The fourth-order valence-electron chi connectivity index (χ4n) is 5.30. The van der Waals surface area contributed by atoms with E-state index in [0.717, 1.165) is 10.8 Å². The fraction of sp³-hybridized carbons (Fsp3) is 0.154. The van der Waals surface area contributed by atoms with Gasteiger partial charge in [-0.15, -0.1) is 20.5 Å². The second-order valence-electron chi connectivity index (χ2n) is 11.9. The van der Waals surface area contributed by atoms with Crippen molar-refractivity contribution >= 4 is 70.1 Å². The van der Waals surface area contributed by atoms with Gasteiger partial charge in [-0.25, -0.2) is 21.6 Å². The number of benzene rings is 6. The molecule has 5 N–H and O–H groups in total. The van der Waals surface area contributed by atoms with Gasteiger partial charge in [0.15, 0.2) is 19.7 Å². The van der Waals surface area contributed by atoms with Crippen LogP contribution in [0.15, 0.2) is 133 Å². The summed E-state index contributed by atoms with van der Waals surface area (Å²) < 4.78 is 53.3. The summed E-state index contributed by atoms with van der Waals surface area (Å²) in [7, 11) is -5.49. The van der Waals surface area contributed by atoms with Crippen LogP contribution in [0.2, 0.25) is 0 Å². The van der Waals surface area contributed by atoms with Gasteiger partial charge >= 0.3 is 35.7 Å². The number of carbonyl (C=O) groups excluding carboxylic acids is 1. The number of phenols is 4. The van der Waals surface area contributed by atoms with Crippen LogP contribution in [0.25, 0.3) is 21.5 Å². The average Bonchev–Trinajstić information content (AvgIpc) is 3.20. The zero-order valence-electron chi connectivity index (χ0n) is 31.6. The van der Waals surface area contributed by atoms with Crippen molar-refractivity contribution in [1.82, 2.24) is 5.32 Å². The number of azo groups is 2. The molecular weight excluding hydrogens is 845 g/mol. The van der Waals surface area contributed by atoms with E-state index in [-0.39, 0.29) is 120 Å². The molecule has 6 rings (SSSR count). The number of hydrogen-bond donors (Lipinski definition) is 5. The SMILES string of the molecule is CCS(=O)(=O)c1ccc(O)c(N=Nc2c(O)ccc3cccc(COC(=O)NC)c23)c1.CCS(=O)(=O)c1ccc(O)c(N=Nc2c(O)ccc3ccccc23)c1.[Co].[Na+]. The van der Waals surface area contributed by atoms with E-state index in [0.29, 0.717) is 16.3 Å². The number of fused-ring (bicyclic) bond motifs is 2. The van der Waals surface area contributed by atoms with Gasteiger partial charge in [0.1, 0.15) is 52.4 Å². The molecule has 0 aliphatic rings. The summed E-state index contributed by atoms with van der Waals surface area (Å²) in [5, 5.41) is 61.7. The molecule has 0 saturated heterocycles. The van der Waals surface area contributed by atoms with E-state index in [9.17, 15) is 42.1 Å². The number of hydrogen-bond acceptors (Lipinski definition) is 14. The number of aromatic hydroxyl groups is 4. The molecule has 0 unspecified atom stereocenters. The number of nitrogens with one attached hydrogen (secondary N) is 1. The minimum atomic E-state index is -3.50. The smallest absolute Gasteiger partial charge is 0.506 e. The van der Waals surface area contributed by atoms with Crippen molar-refractivity contribution in [3.8, 4) is 23.0 Å². The van der Waals surface area contributed by atoms with E-state index in [1.165, 1.54) is 69.4 Å². The molecule has 0 heterocycles. The van der Waals surface area contributed by atoms with E-state index in [2.05, 4.69) is 25.8 Å². The molecule has 0 atom stereocenters. The van der Waals surface area contributed by atoms with Crippen LogP contribution >= 0.6 is 0 Å². The van der Waals surface area contributed by atoms with Crippen molar-refractivity contribution in [1.29, 1.82) is 0 Å². The monoisotopic (exact) mass is 881 g/mol. The van der Waals surface area contributed by atoms with E-state index in [4.69, 9.17) is 4.74 Å². The molecule has 299 valence electrons. The van der Waals surface area contributed by atoms with Crippen molar-refractivity contribution in [2.45, 2.75) is 30.2 Å². The predicted octanol–water partition coefficient (Wildman–Crippen LogP) is 5.78. The van der Waals surface area contributed by atoms with Gasteiger partial charge in [0, 0.05) is 34.6 Å². The average molecular weight is 882 g/mol. The zero-order valence-corrected chi connectivity index (χ0v) is 36.3. The summed E-state index contributed by atoms with van der Waals surface area (Å²) >= 11 is 0. The topological polar surface area (TPSA) is 237 Å². The molecule has 6 aromatic carbocycles. The number of phenolic OH excluding ortho intramolecular Hbond substituents is 4. The maximum absolute atomic E-state index is 12.1. The Morgan fingerprint density at radius 3 is 1.66 bits per heavy atom. The Bertz CT molecular complexity index is 2730. The largest absolute Gasteiger partial charge is 1.00 e. The molecular formula is C39H37CoN5NaO10S2+. The van der Waals surface area contributed by atoms with Crippen LogP contribution in [0, 0.1) is 0 Å². The maximum Gasteiger partial charge on any atom is 1.00 e. The van der Waals surface area contributed by atoms with Gasteiger partial charge in [-0.05, 0) is 64.9 Å². The first-order valence-corrected chi connectivity index (χ1v) is 20.2. The Hall–Kier alpha value is -5.08. The van der Waals surface area contributed by atoms with Crippen LogP contribution in [0.4, 0.5) is 27.5 Å². The van der Waals surface area contributed by atoms with Crippen molar-refractivity contribution in [2.24, 2.45) is 20.5 Å². The first-order chi connectivity index (χ1) is 26.7. The van der Waals surface area contributed by atoms with E-state index < -0.39 is 25.8 Å². The van der Waals surface area contributed by atoms with Crippen LogP contribution in [0.1, 0.15) is 19.4 Å². The minimum absolute atomic E-state index is 0. The minimum Gasteiger partial charge on any atom is -0.506 e. The Balaban J connectivity index is 0.000000306. The number of alkyl carbamates (subject to hydrolysis) is 1. The van der Waals surface area contributed by atoms with Gasteiger partial charge in [-0.3, -0.25) is 0 Å². The Morgan fingerprint density at radius 1 is 0.621 bits per heavy atom. The Kier molecular flexibility index (Phi) is 16.8. The molecule has 0 aromatic heterocycles. The molecule has 0 spiro atoms. The molecule has 1 amide bonds. The van der Waals surface area contributed by atoms with Crippen molar-refractivity contribution in [3.05, 3.63) is 109 Å². The summed E-state index contributed by atoms with van der Waals surface area (Å²) in [4.78, 5) is 11.5. The van der Waals surface area contributed by atoms with E-state index in [1.54, 1.807) is 36.4 Å². The molecule has 0 aliphatic heterocycles. The number of nitrogens with zero attached hydrogens (tertiary/aromatic N) is 4. The molecule has 19 heteroatoms. The third-order valence-electron chi connectivity index (χ3n) is 8.41. The number of rotatable bonds is 10. The van der Waals surface area contributed by atoms with Gasteiger partial charge in [0.25, 0.3) is 0 Å². The molecule has 0 aliphatic carbocycles. The van der Waals surface area contributed by atoms with E-state index in [1.807, 2.05) is 18.2 Å². The van der Waals surface area contributed by atoms with E-state index >= 15 is 0 Å². The fourth-order valence-corrected chi connectivity index (χ4v) is 7.10. The van der Waals surface area contributed by atoms with Crippen molar-refractivity contribution in [3.63, 3.8) is 0 Å². The van der Waals surface area contributed by atoms with Gasteiger partial charge in [0.2, 0.25) is 0 Å². The van der Waals surface area contributed by atoms with Crippen LogP contribution in [-0.4, -0.2) is 61.9 Å². The second-order valence-corrected chi connectivity index (χ2v) is 16.5. The molecule has 1 radical (unpaired) electrons. The summed E-state index contributed by atoms with van der Waals surface area (Å²) in [6.07, 6.45) is -0.612. The van der Waals surface area contributed by atoms with Gasteiger partial charge < -0.3 is 30.5 Å². The zero-order chi connectivity index (χ0) is 40.6. The van der Waals surface area contributed by atoms with Gasteiger partial charge in [-0.2, -0.15) is 0 Å². The molecule has 58 heavy (non-hydrogen) atoms. The molecule has 0 fully saturated rings. The van der Waals surface area contributed by atoms with Crippen LogP contribution in [0.5, 0.6) is 23.0 Å². The van der Waals surface area contributed by atoms with Crippen molar-refractivity contribution < 1.29 is 93.1 Å². The summed E-state index contributed by atoms with van der Waals surface area (Å²) in [6, 6.07) is 26.6. The first-order valence-electron chi connectivity index (χ1n) is 16.9. The Labute approximate surface area is 366 Å². The first kappa shape index (κ1) is 47.3. The van der Waals surface area contributed by atoms with Gasteiger partial charge in [-0.1, -0.05) is 68.4 Å². The molecule has 0 saturated carbocycles. The normalized spacial score (nSPS) is 11.4. The standard InChI is InChI=1S/C21H21N3O6S.C18H16N2O4S.Co.Na/c1-3-31(28,29)15-8-10-17(25)16(11-15)23-24-20-18(26)9-7-13-5-4-6-14(19(13)20)12-30-21(27)22-2;1-2-25(23,24)13-8-10-16(21)15(11-13)19-20-18-14-6-4-3-5-12(14)7-9-17(18)22;;/h4-11,25-26H,3,12H2,1-2H3,(H,22,27);3-11,21-22H,2H2,1H3;;/q;;;+1. The summed E-state index contributed by atoms with van der Waals surface area (Å²) in [5.74, 6) is -0.856. The quantitative estimate of drug-likeness (QED) is 0.0822. The maximum atomic E-state index is 12.1. The molecule has 6 aromatic rings. The number of ether oxygens (including phenoxy) is 1. The second kappa shape index (κ2) is 20.6. The summed E-state index contributed by atoms with van der Waals surface area (Å²) in [6.45, 7) is 2.98.